The molecule has 1 N–H and O–H groups in total. The lowest BCUT2D eigenvalue weighted by Crippen LogP contribution is -2.10. The van der Waals surface area contributed by atoms with Crippen LogP contribution in [0.3, 0.4) is 0 Å². The number of rotatable bonds is 5. The van der Waals surface area contributed by atoms with E-state index in [-0.39, 0.29) is 6.04 Å². The average Bonchev–Trinajstić information content (AvgIpc) is 2.46. The first-order valence-electron chi connectivity index (χ1n) is 6.49. The van der Waals surface area contributed by atoms with Gasteiger partial charge < -0.3 is 10.1 Å². The molecule has 2 nitrogen and oxygen atoms in total. The number of anilines is 1. The van der Waals surface area contributed by atoms with Gasteiger partial charge in [-0.1, -0.05) is 42.3 Å². The van der Waals surface area contributed by atoms with Crippen molar-refractivity contribution in [3.63, 3.8) is 0 Å². The van der Waals surface area contributed by atoms with E-state index in [4.69, 9.17) is 27.9 Å². The van der Waals surface area contributed by atoms with E-state index in [1.807, 2.05) is 42.5 Å². The maximum Gasteiger partial charge on any atom is 0.142 e. The molecule has 0 aliphatic rings. The molecule has 0 saturated heterocycles. The summed E-state index contributed by atoms with van der Waals surface area (Å²) in [6.45, 7) is 2.13. The van der Waals surface area contributed by atoms with Crippen LogP contribution in [-0.2, 0) is 0 Å². The van der Waals surface area contributed by atoms with Crippen molar-refractivity contribution in [2.75, 3.05) is 12.4 Å². The molecule has 0 spiro atoms. The zero-order chi connectivity index (χ0) is 14.5. The van der Waals surface area contributed by atoms with Gasteiger partial charge in [0.25, 0.3) is 0 Å². The van der Waals surface area contributed by atoms with Gasteiger partial charge in [0.05, 0.1) is 18.8 Å². The van der Waals surface area contributed by atoms with Crippen molar-refractivity contribution in [2.24, 2.45) is 0 Å². The zero-order valence-corrected chi connectivity index (χ0v) is 13.0. The Morgan fingerprint density at radius 2 is 1.70 bits per heavy atom. The van der Waals surface area contributed by atoms with Gasteiger partial charge in [0.1, 0.15) is 5.75 Å². The highest BCUT2D eigenvalue weighted by Gasteiger charge is 2.12. The van der Waals surface area contributed by atoms with Crippen LogP contribution in [0.1, 0.15) is 24.9 Å². The number of nitrogens with one attached hydrogen (secondary N) is 1. The van der Waals surface area contributed by atoms with Gasteiger partial charge in [0, 0.05) is 10.0 Å². The van der Waals surface area contributed by atoms with Gasteiger partial charge in [-0.25, -0.2) is 0 Å². The summed E-state index contributed by atoms with van der Waals surface area (Å²) in [5.74, 6) is 0.779. The second-order valence-electron chi connectivity index (χ2n) is 4.50. The highest BCUT2D eigenvalue weighted by atomic mass is 35.5. The molecule has 2 aromatic carbocycles. The topological polar surface area (TPSA) is 21.3 Å². The van der Waals surface area contributed by atoms with Crippen molar-refractivity contribution in [3.8, 4) is 5.75 Å². The van der Waals surface area contributed by atoms with Crippen LogP contribution in [-0.4, -0.2) is 7.11 Å². The summed E-state index contributed by atoms with van der Waals surface area (Å²) in [6.07, 6.45) is 0.942. The summed E-state index contributed by atoms with van der Waals surface area (Å²) in [5, 5.41) is 4.89. The van der Waals surface area contributed by atoms with Gasteiger partial charge in [-0.3, -0.25) is 0 Å². The van der Waals surface area contributed by atoms with E-state index in [1.165, 1.54) is 5.56 Å². The van der Waals surface area contributed by atoms with Crippen molar-refractivity contribution >= 4 is 28.9 Å². The zero-order valence-electron chi connectivity index (χ0n) is 11.5. The fourth-order valence-electron chi connectivity index (χ4n) is 2.10. The van der Waals surface area contributed by atoms with Crippen molar-refractivity contribution in [1.29, 1.82) is 0 Å². The Bertz CT molecular complexity index is 569. The Labute approximate surface area is 129 Å². The number of benzene rings is 2. The molecule has 0 aliphatic carbocycles. The summed E-state index contributed by atoms with van der Waals surface area (Å²) in [7, 11) is 1.65. The highest BCUT2D eigenvalue weighted by Crippen LogP contribution is 2.32. The number of hydrogen-bond donors (Lipinski definition) is 1. The fraction of sp³-hybridized carbons (Fsp3) is 0.250. The van der Waals surface area contributed by atoms with Crippen molar-refractivity contribution in [2.45, 2.75) is 19.4 Å². The molecule has 0 aromatic heterocycles. The second kappa shape index (κ2) is 6.87. The SMILES string of the molecule is CCC(Nc1cc(Cl)ccc1OC)c1ccc(Cl)cc1. The van der Waals surface area contributed by atoms with Crippen LogP contribution in [0, 0.1) is 0 Å². The molecule has 0 aliphatic heterocycles. The van der Waals surface area contributed by atoms with E-state index in [0.29, 0.717) is 5.02 Å². The first kappa shape index (κ1) is 15.0. The van der Waals surface area contributed by atoms with E-state index in [2.05, 4.69) is 12.2 Å². The van der Waals surface area contributed by atoms with Gasteiger partial charge in [-0.2, -0.15) is 0 Å². The summed E-state index contributed by atoms with van der Waals surface area (Å²) >= 11 is 12.0. The highest BCUT2D eigenvalue weighted by molar-refractivity contribution is 6.31. The number of hydrogen-bond acceptors (Lipinski definition) is 2. The first-order chi connectivity index (χ1) is 9.63. The predicted octanol–water partition coefficient (Wildman–Crippen LogP) is 5.57. The molecule has 0 fully saturated rings. The summed E-state index contributed by atoms with van der Waals surface area (Å²) in [4.78, 5) is 0. The predicted molar refractivity (Wildman–Crippen MR) is 86.1 cm³/mol. The molecular formula is C16H17Cl2NO. The maximum absolute atomic E-state index is 6.05. The Hall–Kier alpha value is -1.38. The summed E-state index contributed by atoms with van der Waals surface area (Å²) in [6, 6.07) is 13.6. The van der Waals surface area contributed by atoms with Gasteiger partial charge >= 0.3 is 0 Å². The van der Waals surface area contributed by atoms with Crippen LogP contribution >= 0.6 is 23.2 Å². The second-order valence-corrected chi connectivity index (χ2v) is 5.37. The number of methoxy groups -OCH3 is 1. The molecule has 106 valence electrons. The monoisotopic (exact) mass is 309 g/mol. The van der Waals surface area contributed by atoms with Crippen LogP contribution in [0.2, 0.25) is 10.0 Å². The molecule has 2 rings (SSSR count). The lowest BCUT2D eigenvalue weighted by Gasteiger charge is -2.20. The minimum absolute atomic E-state index is 0.180. The Balaban J connectivity index is 2.26. The number of halogens is 2. The van der Waals surface area contributed by atoms with E-state index in [9.17, 15) is 0 Å². The normalized spacial score (nSPS) is 12.0. The van der Waals surface area contributed by atoms with Crippen molar-refractivity contribution < 1.29 is 4.74 Å². The minimum Gasteiger partial charge on any atom is -0.495 e. The van der Waals surface area contributed by atoms with Crippen LogP contribution in [0.15, 0.2) is 42.5 Å². The molecule has 20 heavy (non-hydrogen) atoms. The molecule has 1 unspecified atom stereocenters. The Morgan fingerprint density at radius 1 is 1.05 bits per heavy atom. The molecule has 0 amide bonds. The standard InChI is InChI=1S/C16H17Cl2NO/c1-3-14(11-4-6-12(17)7-5-11)19-15-10-13(18)8-9-16(15)20-2/h4-10,14,19H,3H2,1-2H3. The molecule has 0 bridgehead atoms. The third kappa shape index (κ3) is 3.59. The van der Waals surface area contributed by atoms with Gasteiger partial charge in [-0.15, -0.1) is 0 Å². The van der Waals surface area contributed by atoms with Crippen LogP contribution in [0.25, 0.3) is 0 Å². The average molecular weight is 310 g/mol. The molecule has 1 atom stereocenters. The molecule has 0 heterocycles. The lowest BCUT2D eigenvalue weighted by molar-refractivity contribution is 0.416. The molecule has 0 saturated carbocycles. The summed E-state index contributed by atoms with van der Waals surface area (Å²) < 4.78 is 5.36. The first-order valence-corrected chi connectivity index (χ1v) is 7.25. The smallest absolute Gasteiger partial charge is 0.142 e. The fourth-order valence-corrected chi connectivity index (χ4v) is 2.39. The van der Waals surface area contributed by atoms with Gasteiger partial charge in [-0.05, 0) is 42.3 Å². The van der Waals surface area contributed by atoms with E-state index in [1.54, 1.807) is 7.11 Å². The lowest BCUT2D eigenvalue weighted by atomic mass is 10.0. The third-order valence-electron chi connectivity index (χ3n) is 3.17. The largest absolute Gasteiger partial charge is 0.495 e. The van der Waals surface area contributed by atoms with Crippen molar-refractivity contribution in [1.82, 2.24) is 0 Å². The van der Waals surface area contributed by atoms with Gasteiger partial charge in [0.2, 0.25) is 0 Å². The van der Waals surface area contributed by atoms with Gasteiger partial charge in [0.15, 0.2) is 0 Å². The third-order valence-corrected chi connectivity index (χ3v) is 3.66. The molecule has 2 aromatic rings. The van der Waals surface area contributed by atoms with Crippen LogP contribution in [0.4, 0.5) is 5.69 Å². The van der Waals surface area contributed by atoms with Crippen LogP contribution in [0.5, 0.6) is 5.75 Å². The molecule has 4 heteroatoms. The van der Waals surface area contributed by atoms with E-state index < -0.39 is 0 Å². The Morgan fingerprint density at radius 3 is 2.30 bits per heavy atom. The number of ether oxygens (including phenoxy) is 1. The quantitative estimate of drug-likeness (QED) is 0.780. The molecular weight excluding hydrogens is 293 g/mol. The maximum atomic E-state index is 6.05. The Kier molecular flexibility index (Phi) is 5.16. The molecule has 0 radical (unpaired) electrons. The van der Waals surface area contributed by atoms with E-state index in [0.717, 1.165) is 22.9 Å². The van der Waals surface area contributed by atoms with E-state index >= 15 is 0 Å². The van der Waals surface area contributed by atoms with Crippen LogP contribution < -0.4 is 10.1 Å². The van der Waals surface area contributed by atoms with Crippen molar-refractivity contribution in [3.05, 3.63) is 58.1 Å². The minimum atomic E-state index is 0.180. The summed E-state index contributed by atoms with van der Waals surface area (Å²) in [5.41, 5.74) is 2.07.